The summed E-state index contributed by atoms with van der Waals surface area (Å²) in [5.41, 5.74) is 3.90. The average Bonchev–Trinajstić information content (AvgIpc) is 2.88. The molecule has 0 spiro atoms. The Morgan fingerprint density at radius 2 is 1.59 bits per heavy atom. The van der Waals surface area contributed by atoms with E-state index < -0.39 is 0 Å². The van der Waals surface area contributed by atoms with Crippen molar-refractivity contribution >= 4 is 35.6 Å². The molecule has 2 aliphatic heterocycles. The maximum absolute atomic E-state index is 9.35. The molecular weight excluding hydrogens is 537 g/mol. The van der Waals surface area contributed by atoms with Crippen molar-refractivity contribution in [1.29, 1.82) is 0 Å². The summed E-state index contributed by atoms with van der Waals surface area (Å²) in [5, 5.41) is 12.8. The number of halogens is 1. The van der Waals surface area contributed by atoms with Crippen LogP contribution in [0.25, 0.3) is 0 Å². The molecule has 2 saturated heterocycles. The molecular formula is C27H40IN5O. The maximum atomic E-state index is 9.35. The van der Waals surface area contributed by atoms with Crippen LogP contribution in [0.4, 0.5) is 5.69 Å². The highest BCUT2D eigenvalue weighted by atomic mass is 127. The number of rotatable bonds is 7. The van der Waals surface area contributed by atoms with Gasteiger partial charge in [-0.1, -0.05) is 42.5 Å². The van der Waals surface area contributed by atoms with E-state index in [2.05, 4.69) is 81.5 Å². The lowest BCUT2D eigenvalue weighted by atomic mass is 9.97. The standard InChI is InChI=1S/C27H39N5O.HI/c1-2-28-27(32-18-16-30(17-19-32)21-24-6-4-3-5-7-24)29-20-23-8-10-26(11-9-23)31-14-12-25(22-33)13-15-31;/h3-11,25,33H,2,12-22H2,1H3,(H,28,29);1H. The zero-order chi connectivity index (χ0) is 22.9. The summed E-state index contributed by atoms with van der Waals surface area (Å²) in [4.78, 5) is 12.3. The molecule has 2 aliphatic rings. The van der Waals surface area contributed by atoms with Crippen molar-refractivity contribution in [3.8, 4) is 0 Å². The highest BCUT2D eigenvalue weighted by Crippen LogP contribution is 2.23. The summed E-state index contributed by atoms with van der Waals surface area (Å²) in [6, 6.07) is 19.6. The molecule has 186 valence electrons. The predicted molar refractivity (Wildman–Crippen MR) is 152 cm³/mol. The van der Waals surface area contributed by atoms with Gasteiger partial charge in [-0.3, -0.25) is 4.90 Å². The average molecular weight is 578 g/mol. The monoisotopic (exact) mass is 577 g/mol. The Labute approximate surface area is 222 Å². The molecule has 4 rings (SSSR count). The van der Waals surface area contributed by atoms with Crippen LogP contribution in [0.1, 0.15) is 30.9 Å². The first-order valence-corrected chi connectivity index (χ1v) is 12.5. The summed E-state index contributed by atoms with van der Waals surface area (Å²) >= 11 is 0. The third kappa shape index (κ3) is 7.58. The Hall–Kier alpha value is -1.84. The zero-order valence-electron chi connectivity index (χ0n) is 20.4. The van der Waals surface area contributed by atoms with Crippen molar-refractivity contribution in [2.75, 3.05) is 57.3 Å². The molecule has 0 aromatic heterocycles. The van der Waals surface area contributed by atoms with Crippen molar-refractivity contribution in [2.45, 2.75) is 32.9 Å². The van der Waals surface area contributed by atoms with Gasteiger partial charge in [-0.05, 0) is 48.9 Å². The van der Waals surface area contributed by atoms with Gasteiger partial charge in [-0.15, -0.1) is 24.0 Å². The van der Waals surface area contributed by atoms with E-state index in [9.17, 15) is 5.11 Å². The Kier molecular flexibility index (Phi) is 10.9. The van der Waals surface area contributed by atoms with Crippen LogP contribution in [0.3, 0.4) is 0 Å². The lowest BCUT2D eigenvalue weighted by molar-refractivity contribution is 0.172. The summed E-state index contributed by atoms with van der Waals surface area (Å²) in [6.07, 6.45) is 2.15. The van der Waals surface area contributed by atoms with Crippen LogP contribution in [0.5, 0.6) is 0 Å². The van der Waals surface area contributed by atoms with E-state index in [0.717, 1.165) is 71.2 Å². The zero-order valence-corrected chi connectivity index (χ0v) is 22.7. The normalized spacial score (nSPS) is 18.0. The van der Waals surface area contributed by atoms with Crippen LogP contribution in [0.15, 0.2) is 59.6 Å². The number of anilines is 1. The third-order valence-electron chi connectivity index (χ3n) is 6.84. The van der Waals surface area contributed by atoms with Crippen LogP contribution in [-0.2, 0) is 13.1 Å². The number of nitrogens with zero attached hydrogens (tertiary/aromatic N) is 4. The van der Waals surface area contributed by atoms with Gasteiger partial charge in [0.1, 0.15) is 0 Å². The summed E-state index contributed by atoms with van der Waals surface area (Å²) < 4.78 is 0. The molecule has 2 aromatic rings. The lowest BCUT2D eigenvalue weighted by Gasteiger charge is -2.36. The summed E-state index contributed by atoms with van der Waals surface area (Å²) in [5.74, 6) is 1.49. The Morgan fingerprint density at radius 3 is 2.21 bits per heavy atom. The molecule has 0 amide bonds. The summed E-state index contributed by atoms with van der Waals surface area (Å²) in [6.45, 7) is 11.2. The van der Waals surface area contributed by atoms with E-state index in [1.807, 2.05) is 0 Å². The first kappa shape index (κ1) is 26.8. The Balaban J connectivity index is 0.00000324. The first-order valence-electron chi connectivity index (χ1n) is 12.5. The Bertz CT molecular complexity index is 860. The van der Waals surface area contributed by atoms with Crippen LogP contribution < -0.4 is 10.2 Å². The van der Waals surface area contributed by atoms with Crippen molar-refractivity contribution in [3.05, 3.63) is 65.7 Å². The van der Waals surface area contributed by atoms with Crippen molar-refractivity contribution in [1.82, 2.24) is 15.1 Å². The number of aliphatic hydroxyl groups is 1. The number of piperazine rings is 1. The molecule has 0 bridgehead atoms. The van der Waals surface area contributed by atoms with Crippen molar-refractivity contribution in [3.63, 3.8) is 0 Å². The Morgan fingerprint density at radius 1 is 0.912 bits per heavy atom. The lowest BCUT2D eigenvalue weighted by Crippen LogP contribution is -2.52. The van der Waals surface area contributed by atoms with E-state index in [1.54, 1.807) is 0 Å². The van der Waals surface area contributed by atoms with E-state index in [1.165, 1.54) is 16.8 Å². The minimum absolute atomic E-state index is 0. The number of nitrogens with one attached hydrogen (secondary N) is 1. The largest absolute Gasteiger partial charge is 0.396 e. The molecule has 0 atom stereocenters. The van der Waals surface area contributed by atoms with Gasteiger partial charge in [-0.2, -0.15) is 0 Å². The number of hydrogen-bond acceptors (Lipinski definition) is 4. The predicted octanol–water partition coefficient (Wildman–Crippen LogP) is 3.80. The number of hydrogen-bond donors (Lipinski definition) is 2. The SMILES string of the molecule is CCNC(=NCc1ccc(N2CCC(CO)CC2)cc1)N1CCN(Cc2ccccc2)CC1.I. The smallest absolute Gasteiger partial charge is 0.194 e. The fourth-order valence-electron chi connectivity index (χ4n) is 4.74. The molecule has 6 nitrogen and oxygen atoms in total. The van der Waals surface area contributed by atoms with Gasteiger partial charge in [0.25, 0.3) is 0 Å². The van der Waals surface area contributed by atoms with Crippen LogP contribution in [-0.4, -0.2) is 73.3 Å². The van der Waals surface area contributed by atoms with Crippen LogP contribution in [0, 0.1) is 5.92 Å². The van der Waals surface area contributed by atoms with Crippen LogP contribution >= 0.6 is 24.0 Å². The molecule has 0 radical (unpaired) electrons. The highest BCUT2D eigenvalue weighted by molar-refractivity contribution is 14.0. The second-order valence-corrected chi connectivity index (χ2v) is 9.20. The van der Waals surface area contributed by atoms with Crippen LogP contribution in [0.2, 0.25) is 0 Å². The van der Waals surface area contributed by atoms with E-state index in [0.29, 0.717) is 19.1 Å². The highest BCUT2D eigenvalue weighted by Gasteiger charge is 2.20. The summed E-state index contributed by atoms with van der Waals surface area (Å²) in [7, 11) is 0. The number of aliphatic hydroxyl groups excluding tert-OH is 1. The van der Waals surface area contributed by atoms with E-state index >= 15 is 0 Å². The quantitative estimate of drug-likeness (QED) is 0.298. The number of benzene rings is 2. The number of guanidine groups is 1. The second-order valence-electron chi connectivity index (χ2n) is 9.20. The molecule has 2 fully saturated rings. The van der Waals surface area contributed by atoms with Gasteiger partial charge < -0.3 is 20.2 Å². The van der Waals surface area contributed by atoms with E-state index in [-0.39, 0.29) is 24.0 Å². The molecule has 0 unspecified atom stereocenters. The van der Waals surface area contributed by atoms with E-state index in [4.69, 9.17) is 4.99 Å². The van der Waals surface area contributed by atoms with Gasteiger partial charge in [0.05, 0.1) is 6.54 Å². The minimum Gasteiger partial charge on any atom is -0.396 e. The van der Waals surface area contributed by atoms with Gasteiger partial charge in [0.15, 0.2) is 5.96 Å². The fraction of sp³-hybridized carbons (Fsp3) is 0.519. The molecule has 2 aromatic carbocycles. The second kappa shape index (κ2) is 13.9. The van der Waals surface area contributed by atoms with Gasteiger partial charge >= 0.3 is 0 Å². The van der Waals surface area contributed by atoms with Crippen molar-refractivity contribution in [2.24, 2.45) is 10.9 Å². The maximum Gasteiger partial charge on any atom is 0.194 e. The molecule has 7 heteroatoms. The molecule has 34 heavy (non-hydrogen) atoms. The van der Waals surface area contributed by atoms with Crippen molar-refractivity contribution < 1.29 is 5.11 Å². The third-order valence-corrected chi connectivity index (χ3v) is 6.84. The minimum atomic E-state index is 0. The van der Waals surface area contributed by atoms with Gasteiger partial charge in [-0.25, -0.2) is 4.99 Å². The first-order chi connectivity index (χ1) is 16.2. The number of piperidine rings is 1. The molecule has 2 N–H and O–H groups in total. The van der Waals surface area contributed by atoms with Gasteiger partial charge in [0, 0.05) is 64.7 Å². The van der Waals surface area contributed by atoms with Gasteiger partial charge in [0.2, 0.25) is 0 Å². The number of aliphatic imine (C=N–C) groups is 1. The fourth-order valence-corrected chi connectivity index (χ4v) is 4.74. The topological polar surface area (TPSA) is 54.3 Å². The molecule has 0 aliphatic carbocycles. The molecule has 0 saturated carbocycles. The molecule has 2 heterocycles.